The Balaban J connectivity index is 1.48. The summed E-state index contributed by atoms with van der Waals surface area (Å²) in [5.74, 6) is 0.651. The standard InChI is InChI=1S/C19H23N5O2/c1-14(2)26-19-17-9-16(3-4-18(17)20-13-21-19)24-7-5-23(6-8-24)11-15-10-22-25-12-15/h3-4,9-10,12-14H,5-8,11H2,1-2H3. The Morgan fingerprint density at radius 2 is 2.00 bits per heavy atom. The third kappa shape index (κ3) is 3.62. The van der Waals surface area contributed by atoms with Crippen molar-refractivity contribution in [1.29, 1.82) is 0 Å². The number of anilines is 1. The number of benzene rings is 1. The van der Waals surface area contributed by atoms with Crippen molar-refractivity contribution in [3.63, 3.8) is 0 Å². The summed E-state index contributed by atoms with van der Waals surface area (Å²) >= 11 is 0. The number of nitrogens with zero attached hydrogens (tertiary/aromatic N) is 5. The molecule has 136 valence electrons. The van der Waals surface area contributed by atoms with Crippen LogP contribution in [0.1, 0.15) is 19.4 Å². The van der Waals surface area contributed by atoms with Crippen LogP contribution in [0.3, 0.4) is 0 Å². The van der Waals surface area contributed by atoms with Gasteiger partial charge in [0, 0.05) is 44.0 Å². The Bertz CT molecular complexity index is 858. The minimum Gasteiger partial charge on any atom is -0.474 e. The number of aromatic nitrogens is 3. The molecule has 1 saturated heterocycles. The van der Waals surface area contributed by atoms with Crippen LogP contribution in [0.2, 0.25) is 0 Å². The van der Waals surface area contributed by atoms with Gasteiger partial charge in [0.15, 0.2) is 0 Å². The zero-order valence-electron chi connectivity index (χ0n) is 15.1. The first-order chi connectivity index (χ1) is 12.7. The van der Waals surface area contributed by atoms with Gasteiger partial charge in [-0.2, -0.15) is 0 Å². The van der Waals surface area contributed by atoms with Crippen LogP contribution in [-0.4, -0.2) is 52.3 Å². The molecule has 1 aromatic carbocycles. The van der Waals surface area contributed by atoms with Crippen LogP contribution in [-0.2, 0) is 6.54 Å². The molecular formula is C19H23N5O2. The van der Waals surface area contributed by atoms with Gasteiger partial charge >= 0.3 is 0 Å². The fourth-order valence-corrected chi connectivity index (χ4v) is 3.26. The van der Waals surface area contributed by atoms with Crippen molar-refractivity contribution in [2.24, 2.45) is 0 Å². The molecule has 0 aliphatic carbocycles. The van der Waals surface area contributed by atoms with Crippen LogP contribution < -0.4 is 9.64 Å². The van der Waals surface area contributed by atoms with E-state index in [1.165, 1.54) is 5.69 Å². The molecule has 4 rings (SSSR count). The molecule has 0 atom stereocenters. The highest BCUT2D eigenvalue weighted by molar-refractivity contribution is 5.86. The molecular weight excluding hydrogens is 330 g/mol. The molecule has 1 aliphatic rings. The Morgan fingerprint density at radius 3 is 2.73 bits per heavy atom. The summed E-state index contributed by atoms with van der Waals surface area (Å²) in [7, 11) is 0. The lowest BCUT2D eigenvalue weighted by molar-refractivity contribution is 0.235. The van der Waals surface area contributed by atoms with Crippen molar-refractivity contribution in [3.8, 4) is 5.88 Å². The van der Waals surface area contributed by atoms with Crippen LogP contribution in [0.4, 0.5) is 5.69 Å². The second-order valence-electron chi connectivity index (χ2n) is 6.84. The Labute approximate surface area is 152 Å². The molecule has 2 aromatic heterocycles. The van der Waals surface area contributed by atoms with Gasteiger partial charge in [-0.05, 0) is 32.0 Å². The summed E-state index contributed by atoms with van der Waals surface area (Å²) in [5, 5.41) is 4.74. The molecule has 3 heterocycles. The number of piperazine rings is 1. The zero-order valence-corrected chi connectivity index (χ0v) is 15.1. The molecule has 0 unspecified atom stereocenters. The number of hydrogen-bond donors (Lipinski definition) is 0. The average Bonchev–Trinajstić information content (AvgIpc) is 3.15. The number of fused-ring (bicyclic) bond motifs is 1. The summed E-state index contributed by atoms with van der Waals surface area (Å²) in [4.78, 5) is 13.5. The van der Waals surface area contributed by atoms with Crippen LogP contribution in [0.15, 0.2) is 41.5 Å². The fourth-order valence-electron chi connectivity index (χ4n) is 3.26. The third-order valence-corrected chi connectivity index (χ3v) is 4.56. The SMILES string of the molecule is CC(C)Oc1ncnc2ccc(N3CCN(Cc4cnoc4)CC3)cc12. The minimum absolute atomic E-state index is 0.0812. The predicted molar refractivity (Wildman–Crippen MR) is 99.3 cm³/mol. The predicted octanol–water partition coefficient (Wildman–Crippen LogP) is 2.73. The molecule has 26 heavy (non-hydrogen) atoms. The highest BCUT2D eigenvalue weighted by Gasteiger charge is 2.19. The first-order valence-corrected chi connectivity index (χ1v) is 8.96. The topological polar surface area (TPSA) is 67.5 Å². The zero-order chi connectivity index (χ0) is 17.9. The van der Waals surface area contributed by atoms with Crippen LogP contribution in [0.25, 0.3) is 10.9 Å². The van der Waals surface area contributed by atoms with E-state index in [4.69, 9.17) is 9.26 Å². The summed E-state index contributed by atoms with van der Waals surface area (Å²) in [6, 6.07) is 6.32. The average molecular weight is 353 g/mol. The third-order valence-electron chi connectivity index (χ3n) is 4.56. The highest BCUT2D eigenvalue weighted by Crippen LogP contribution is 2.28. The van der Waals surface area contributed by atoms with Crippen LogP contribution in [0.5, 0.6) is 5.88 Å². The van der Waals surface area contributed by atoms with Gasteiger partial charge in [0.05, 0.1) is 23.2 Å². The quantitative estimate of drug-likeness (QED) is 0.698. The molecule has 0 bridgehead atoms. The first-order valence-electron chi connectivity index (χ1n) is 8.96. The molecule has 0 spiro atoms. The lowest BCUT2D eigenvalue weighted by atomic mass is 10.1. The van der Waals surface area contributed by atoms with Gasteiger partial charge < -0.3 is 14.2 Å². The van der Waals surface area contributed by atoms with Gasteiger partial charge in [-0.1, -0.05) is 5.16 Å². The Kier molecular flexibility index (Phi) is 4.71. The maximum absolute atomic E-state index is 5.85. The van der Waals surface area contributed by atoms with Crippen LogP contribution in [0, 0.1) is 0 Å². The monoisotopic (exact) mass is 353 g/mol. The van der Waals surface area contributed by atoms with E-state index >= 15 is 0 Å². The Hall–Kier alpha value is -2.67. The second-order valence-corrected chi connectivity index (χ2v) is 6.84. The lowest BCUT2D eigenvalue weighted by Crippen LogP contribution is -2.45. The lowest BCUT2D eigenvalue weighted by Gasteiger charge is -2.36. The van der Waals surface area contributed by atoms with E-state index in [1.54, 1.807) is 18.8 Å². The van der Waals surface area contributed by atoms with Gasteiger partial charge in [-0.3, -0.25) is 4.90 Å². The molecule has 7 heteroatoms. The molecule has 7 nitrogen and oxygen atoms in total. The largest absolute Gasteiger partial charge is 0.474 e. The second kappa shape index (κ2) is 7.29. The van der Waals surface area contributed by atoms with Gasteiger partial charge in [0.1, 0.15) is 12.6 Å². The fraction of sp³-hybridized carbons (Fsp3) is 0.421. The number of rotatable bonds is 5. The summed E-state index contributed by atoms with van der Waals surface area (Å²) in [6.45, 7) is 8.86. The van der Waals surface area contributed by atoms with Crippen LogP contribution >= 0.6 is 0 Å². The molecule has 0 saturated carbocycles. The van der Waals surface area contributed by atoms with Gasteiger partial charge in [0.2, 0.25) is 5.88 Å². The van der Waals surface area contributed by atoms with Gasteiger partial charge in [-0.15, -0.1) is 0 Å². The van der Waals surface area contributed by atoms with Gasteiger partial charge in [0.25, 0.3) is 0 Å². The van der Waals surface area contributed by atoms with E-state index in [9.17, 15) is 0 Å². The summed E-state index contributed by atoms with van der Waals surface area (Å²) in [6.07, 6.45) is 5.14. The minimum atomic E-state index is 0.0812. The molecule has 0 radical (unpaired) electrons. The van der Waals surface area contributed by atoms with Crippen molar-refractivity contribution in [2.75, 3.05) is 31.1 Å². The molecule has 0 N–H and O–H groups in total. The van der Waals surface area contributed by atoms with E-state index in [1.807, 2.05) is 19.9 Å². The number of hydrogen-bond acceptors (Lipinski definition) is 7. The van der Waals surface area contributed by atoms with E-state index in [2.05, 4.69) is 37.1 Å². The Morgan fingerprint density at radius 1 is 1.15 bits per heavy atom. The van der Waals surface area contributed by atoms with E-state index < -0.39 is 0 Å². The normalized spacial score (nSPS) is 15.7. The molecule has 3 aromatic rings. The van der Waals surface area contributed by atoms with E-state index in [-0.39, 0.29) is 6.10 Å². The van der Waals surface area contributed by atoms with E-state index in [0.717, 1.165) is 49.2 Å². The molecule has 1 aliphatic heterocycles. The summed E-state index contributed by atoms with van der Waals surface area (Å²) < 4.78 is 10.8. The smallest absolute Gasteiger partial charge is 0.224 e. The molecule has 0 amide bonds. The van der Waals surface area contributed by atoms with Crippen molar-refractivity contribution < 1.29 is 9.26 Å². The van der Waals surface area contributed by atoms with E-state index in [0.29, 0.717) is 5.88 Å². The van der Waals surface area contributed by atoms with Crippen molar-refractivity contribution >= 4 is 16.6 Å². The maximum Gasteiger partial charge on any atom is 0.224 e. The van der Waals surface area contributed by atoms with Crippen molar-refractivity contribution in [1.82, 2.24) is 20.0 Å². The maximum atomic E-state index is 5.85. The van der Waals surface area contributed by atoms with Gasteiger partial charge in [-0.25, -0.2) is 9.97 Å². The summed E-state index contributed by atoms with van der Waals surface area (Å²) in [5.41, 5.74) is 3.22. The number of ether oxygens (including phenoxy) is 1. The molecule has 1 fully saturated rings. The highest BCUT2D eigenvalue weighted by atomic mass is 16.5. The first kappa shape index (κ1) is 16.8. The van der Waals surface area contributed by atoms with Crippen molar-refractivity contribution in [3.05, 3.63) is 42.5 Å². The van der Waals surface area contributed by atoms with Crippen molar-refractivity contribution in [2.45, 2.75) is 26.5 Å².